The summed E-state index contributed by atoms with van der Waals surface area (Å²) < 4.78 is 12.0. The monoisotopic (exact) mass is 561 g/mol. The van der Waals surface area contributed by atoms with E-state index in [2.05, 4.69) is 61.2 Å². The van der Waals surface area contributed by atoms with Gasteiger partial charge in [-0.15, -0.1) is 0 Å². The lowest BCUT2D eigenvalue weighted by molar-refractivity contribution is -0.117. The Morgan fingerprint density at radius 1 is 0.738 bits per heavy atom. The van der Waals surface area contributed by atoms with E-state index >= 15 is 0 Å². The second-order valence-electron chi connectivity index (χ2n) is 11.8. The first-order valence-corrected chi connectivity index (χ1v) is 15.1. The van der Waals surface area contributed by atoms with Crippen LogP contribution in [0.3, 0.4) is 0 Å². The molecule has 0 unspecified atom stereocenters. The van der Waals surface area contributed by atoms with Crippen molar-refractivity contribution in [3.63, 3.8) is 0 Å². The van der Waals surface area contributed by atoms with Crippen LogP contribution in [-0.2, 0) is 22.6 Å². The quantitative estimate of drug-likeness (QED) is 0.284. The van der Waals surface area contributed by atoms with E-state index in [4.69, 9.17) is 9.47 Å². The second-order valence-corrected chi connectivity index (χ2v) is 11.8. The Labute approximate surface area is 248 Å². The van der Waals surface area contributed by atoms with Gasteiger partial charge in [-0.2, -0.15) is 0 Å². The summed E-state index contributed by atoms with van der Waals surface area (Å²) in [5.41, 5.74) is 9.50. The van der Waals surface area contributed by atoms with Gasteiger partial charge in [-0.05, 0) is 74.8 Å². The molecular formula is C37H39NO4. The highest BCUT2D eigenvalue weighted by Crippen LogP contribution is 2.50. The van der Waals surface area contributed by atoms with Crippen LogP contribution >= 0.6 is 0 Å². The molecule has 0 fully saturated rings. The molecule has 3 aromatic carbocycles. The highest BCUT2D eigenvalue weighted by molar-refractivity contribution is 6.06. The molecule has 0 bridgehead atoms. The van der Waals surface area contributed by atoms with E-state index < -0.39 is 0 Å². The van der Waals surface area contributed by atoms with Gasteiger partial charge >= 0.3 is 0 Å². The average molecular weight is 562 g/mol. The Balaban J connectivity index is 1.37. The average Bonchev–Trinajstić information content (AvgIpc) is 2.99. The summed E-state index contributed by atoms with van der Waals surface area (Å²) >= 11 is 0. The van der Waals surface area contributed by atoms with Gasteiger partial charge in [-0.1, -0.05) is 65.7 Å². The minimum absolute atomic E-state index is 0.157. The lowest BCUT2D eigenvalue weighted by atomic mass is 9.71. The van der Waals surface area contributed by atoms with Gasteiger partial charge in [0.1, 0.15) is 6.61 Å². The molecule has 216 valence electrons. The minimum atomic E-state index is -0.369. The zero-order valence-corrected chi connectivity index (χ0v) is 24.9. The molecule has 0 N–H and O–H groups in total. The highest BCUT2D eigenvalue weighted by Gasteiger charge is 2.43. The number of rotatable bonds is 8. The molecular weight excluding hydrogens is 522 g/mol. The molecule has 1 aliphatic heterocycles. The molecule has 2 aliphatic carbocycles. The number of nitrogens with zero attached hydrogens (tertiary/aromatic N) is 1. The third kappa shape index (κ3) is 5.53. The number of allylic oxidation sites excluding steroid dienone is 4. The van der Waals surface area contributed by atoms with E-state index in [1.807, 2.05) is 24.3 Å². The summed E-state index contributed by atoms with van der Waals surface area (Å²) in [6, 6.07) is 22.8. The Morgan fingerprint density at radius 3 is 2.00 bits per heavy atom. The zero-order chi connectivity index (χ0) is 29.2. The van der Waals surface area contributed by atoms with Crippen molar-refractivity contribution in [2.75, 3.05) is 13.7 Å². The van der Waals surface area contributed by atoms with Crippen molar-refractivity contribution < 1.29 is 19.1 Å². The maximum atomic E-state index is 13.7. The smallest absolute Gasteiger partial charge is 0.161 e. The Bertz CT molecular complexity index is 1520. The molecule has 3 aliphatic rings. The molecule has 0 aromatic heterocycles. The van der Waals surface area contributed by atoms with E-state index in [9.17, 15) is 9.59 Å². The molecule has 0 saturated heterocycles. The van der Waals surface area contributed by atoms with Crippen LogP contribution in [0.15, 0.2) is 89.3 Å². The number of aryl methyl sites for hydroxylation is 2. The third-order valence-corrected chi connectivity index (χ3v) is 8.75. The van der Waals surface area contributed by atoms with Gasteiger partial charge in [0.05, 0.1) is 7.11 Å². The summed E-state index contributed by atoms with van der Waals surface area (Å²) in [6.45, 7) is 5.37. The molecule has 42 heavy (non-hydrogen) atoms. The van der Waals surface area contributed by atoms with Crippen LogP contribution in [0.4, 0.5) is 0 Å². The topological polar surface area (TPSA) is 55.8 Å². The lowest BCUT2D eigenvalue weighted by Crippen LogP contribution is -2.39. The van der Waals surface area contributed by atoms with Gasteiger partial charge < -0.3 is 14.4 Å². The summed E-state index contributed by atoms with van der Waals surface area (Å²) in [7, 11) is 1.64. The SMILES string of the molecule is COc1cc(C2C3=C(CCCC3=O)N(CCc3ccccc3)C3=C2C(=O)CCC3)ccc1OCc1cc(C)cc(C)c1. The molecule has 0 saturated carbocycles. The largest absolute Gasteiger partial charge is 0.493 e. The van der Waals surface area contributed by atoms with Crippen molar-refractivity contribution in [2.45, 2.75) is 71.3 Å². The first-order chi connectivity index (χ1) is 20.4. The maximum Gasteiger partial charge on any atom is 0.161 e. The normalized spacial score (nSPS) is 17.4. The standard InChI is InChI=1S/C37H39NO4/c1-24-19-25(2)21-27(20-24)23-42-33-16-15-28(22-34(33)41-3)35-36-29(11-7-13-31(36)39)38(18-17-26-9-5-4-6-10-26)30-12-8-14-32(40)37(30)35/h4-6,9-10,15-16,19-22,35H,7-8,11-14,17-18,23H2,1-3H3. The van der Waals surface area contributed by atoms with Crippen LogP contribution in [0.1, 0.15) is 72.3 Å². The molecule has 0 atom stereocenters. The number of Topliss-reactive ketones (excluding diaryl/α,β-unsaturated/α-hetero) is 2. The van der Waals surface area contributed by atoms with E-state index in [0.717, 1.165) is 72.3 Å². The van der Waals surface area contributed by atoms with Crippen molar-refractivity contribution >= 4 is 11.6 Å². The molecule has 0 amide bonds. The van der Waals surface area contributed by atoms with Gasteiger partial charge in [0.2, 0.25) is 0 Å². The molecule has 6 rings (SSSR count). The van der Waals surface area contributed by atoms with Crippen molar-refractivity contribution in [1.82, 2.24) is 4.90 Å². The van der Waals surface area contributed by atoms with Crippen LogP contribution in [0.5, 0.6) is 11.5 Å². The van der Waals surface area contributed by atoms with E-state index in [1.54, 1.807) is 7.11 Å². The predicted molar refractivity (Wildman–Crippen MR) is 165 cm³/mol. The summed E-state index contributed by atoms with van der Waals surface area (Å²) in [5, 5.41) is 0. The predicted octanol–water partition coefficient (Wildman–Crippen LogP) is 7.55. The number of benzene rings is 3. The molecule has 3 aromatic rings. The maximum absolute atomic E-state index is 13.7. The van der Waals surface area contributed by atoms with E-state index in [-0.39, 0.29) is 17.5 Å². The number of carbonyl (C=O) groups is 2. The molecule has 0 spiro atoms. The summed E-state index contributed by atoms with van der Waals surface area (Å²) in [4.78, 5) is 29.7. The second kappa shape index (κ2) is 12.0. The minimum Gasteiger partial charge on any atom is -0.493 e. The molecule has 1 heterocycles. The number of hydrogen-bond donors (Lipinski definition) is 0. The Morgan fingerprint density at radius 2 is 1.38 bits per heavy atom. The number of hydrogen-bond acceptors (Lipinski definition) is 5. The van der Waals surface area contributed by atoms with Crippen molar-refractivity contribution in [3.8, 4) is 11.5 Å². The lowest BCUT2D eigenvalue weighted by Gasteiger charge is -2.44. The number of methoxy groups -OCH3 is 1. The number of ketones is 2. The van der Waals surface area contributed by atoms with Crippen LogP contribution in [0.25, 0.3) is 0 Å². The summed E-state index contributed by atoms with van der Waals surface area (Å²) in [5.74, 6) is 1.20. The van der Waals surface area contributed by atoms with E-state index in [0.29, 0.717) is 30.9 Å². The zero-order valence-electron chi connectivity index (χ0n) is 24.9. The highest BCUT2D eigenvalue weighted by atomic mass is 16.5. The van der Waals surface area contributed by atoms with Crippen LogP contribution in [-0.4, -0.2) is 30.1 Å². The fraction of sp³-hybridized carbons (Fsp3) is 0.351. The molecule has 5 nitrogen and oxygen atoms in total. The fourth-order valence-electron chi connectivity index (χ4n) is 7.00. The molecule has 0 radical (unpaired) electrons. The van der Waals surface area contributed by atoms with Gasteiger partial charge in [0, 0.05) is 47.8 Å². The van der Waals surface area contributed by atoms with Gasteiger partial charge in [0.25, 0.3) is 0 Å². The van der Waals surface area contributed by atoms with Crippen molar-refractivity contribution in [1.29, 1.82) is 0 Å². The Kier molecular flexibility index (Phi) is 8.01. The number of carbonyl (C=O) groups excluding carboxylic acids is 2. The molecule has 5 heteroatoms. The van der Waals surface area contributed by atoms with E-state index in [1.165, 1.54) is 16.7 Å². The van der Waals surface area contributed by atoms with Gasteiger partial charge in [-0.3, -0.25) is 9.59 Å². The Hall–Kier alpha value is -4.12. The summed E-state index contributed by atoms with van der Waals surface area (Å²) in [6.07, 6.45) is 5.30. The van der Waals surface area contributed by atoms with Crippen LogP contribution in [0.2, 0.25) is 0 Å². The van der Waals surface area contributed by atoms with Crippen molar-refractivity contribution in [2.24, 2.45) is 0 Å². The van der Waals surface area contributed by atoms with Gasteiger partial charge in [0.15, 0.2) is 23.1 Å². The van der Waals surface area contributed by atoms with Crippen LogP contribution < -0.4 is 9.47 Å². The first kappa shape index (κ1) is 28.0. The number of ether oxygens (including phenoxy) is 2. The van der Waals surface area contributed by atoms with Crippen LogP contribution in [0, 0.1) is 13.8 Å². The van der Waals surface area contributed by atoms with Crippen molar-refractivity contribution in [3.05, 3.63) is 117 Å². The fourth-order valence-corrected chi connectivity index (χ4v) is 7.00. The third-order valence-electron chi connectivity index (χ3n) is 8.75. The van der Waals surface area contributed by atoms with Gasteiger partial charge in [-0.25, -0.2) is 0 Å². The first-order valence-electron chi connectivity index (χ1n) is 15.1.